The Labute approximate surface area is 97.5 Å². The lowest BCUT2D eigenvalue weighted by Crippen LogP contribution is -2.36. The van der Waals surface area contributed by atoms with Crippen molar-refractivity contribution in [3.05, 3.63) is 18.1 Å². The summed E-state index contributed by atoms with van der Waals surface area (Å²) in [7, 11) is 1.63. The first-order valence-corrected chi connectivity index (χ1v) is 5.62. The third kappa shape index (κ3) is 4.57. The Balaban J connectivity index is 2.37. The first-order chi connectivity index (χ1) is 7.53. The summed E-state index contributed by atoms with van der Waals surface area (Å²) >= 11 is 0. The van der Waals surface area contributed by atoms with Gasteiger partial charge in [0.05, 0.1) is 7.11 Å². The van der Waals surface area contributed by atoms with E-state index in [4.69, 9.17) is 4.74 Å². The van der Waals surface area contributed by atoms with Crippen molar-refractivity contribution < 1.29 is 4.74 Å². The summed E-state index contributed by atoms with van der Waals surface area (Å²) in [5.74, 6) is 0.637. The Morgan fingerprint density at radius 2 is 1.94 bits per heavy atom. The van der Waals surface area contributed by atoms with Crippen LogP contribution in [-0.2, 0) is 6.42 Å². The summed E-state index contributed by atoms with van der Waals surface area (Å²) in [5, 5.41) is 3.44. The average molecular weight is 223 g/mol. The molecular formula is C12H21N3O. The zero-order valence-electron chi connectivity index (χ0n) is 10.6. The Morgan fingerprint density at radius 1 is 1.25 bits per heavy atom. The summed E-state index contributed by atoms with van der Waals surface area (Å²) in [6.45, 7) is 7.46. The molecule has 0 amide bonds. The highest BCUT2D eigenvalue weighted by molar-refractivity contribution is 5.16. The van der Waals surface area contributed by atoms with E-state index in [0.29, 0.717) is 5.88 Å². The van der Waals surface area contributed by atoms with Crippen LogP contribution in [0.25, 0.3) is 0 Å². The molecule has 1 heterocycles. The number of rotatable bonds is 5. The third-order valence-corrected chi connectivity index (χ3v) is 2.17. The number of aryl methyl sites for hydroxylation is 1. The first kappa shape index (κ1) is 12.9. The molecule has 0 aliphatic rings. The molecule has 90 valence electrons. The number of hydrogen-bond acceptors (Lipinski definition) is 4. The van der Waals surface area contributed by atoms with Crippen LogP contribution in [0.1, 0.15) is 32.9 Å². The largest absolute Gasteiger partial charge is 0.480 e. The third-order valence-electron chi connectivity index (χ3n) is 2.17. The molecule has 0 unspecified atom stereocenters. The monoisotopic (exact) mass is 223 g/mol. The van der Waals surface area contributed by atoms with Crippen molar-refractivity contribution in [2.45, 2.75) is 39.2 Å². The van der Waals surface area contributed by atoms with Gasteiger partial charge in [-0.2, -0.15) is 0 Å². The molecule has 1 aromatic rings. The van der Waals surface area contributed by atoms with Gasteiger partial charge >= 0.3 is 0 Å². The van der Waals surface area contributed by atoms with Crippen LogP contribution in [0.2, 0.25) is 0 Å². The van der Waals surface area contributed by atoms with Crippen molar-refractivity contribution in [2.24, 2.45) is 0 Å². The van der Waals surface area contributed by atoms with Crippen LogP contribution in [-0.4, -0.2) is 29.2 Å². The van der Waals surface area contributed by atoms with Gasteiger partial charge in [-0.3, -0.25) is 4.98 Å². The molecule has 1 N–H and O–H groups in total. The van der Waals surface area contributed by atoms with Crippen LogP contribution in [0.5, 0.6) is 5.88 Å². The maximum Gasteiger partial charge on any atom is 0.235 e. The van der Waals surface area contributed by atoms with Crippen molar-refractivity contribution in [2.75, 3.05) is 13.7 Å². The molecule has 0 aliphatic heterocycles. The highest BCUT2D eigenvalue weighted by atomic mass is 16.5. The van der Waals surface area contributed by atoms with Crippen molar-refractivity contribution in [3.63, 3.8) is 0 Å². The molecule has 1 aromatic heterocycles. The number of ether oxygens (including phenoxy) is 1. The minimum Gasteiger partial charge on any atom is -0.480 e. The molecular weight excluding hydrogens is 202 g/mol. The topological polar surface area (TPSA) is 47.0 Å². The fourth-order valence-electron chi connectivity index (χ4n) is 1.42. The summed E-state index contributed by atoms with van der Waals surface area (Å²) in [4.78, 5) is 8.39. The Kier molecular flexibility index (Phi) is 4.68. The number of nitrogens with zero attached hydrogens (tertiary/aromatic N) is 2. The molecule has 0 atom stereocenters. The zero-order valence-corrected chi connectivity index (χ0v) is 10.6. The lowest BCUT2D eigenvalue weighted by atomic mass is 10.1. The van der Waals surface area contributed by atoms with Gasteiger partial charge in [-0.25, -0.2) is 4.98 Å². The van der Waals surface area contributed by atoms with Crippen molar-refractivity contribution in [1.82, 2.24) is 15.3 Å². The van der Waals surface area contributed by atoms with Crippen molar-refractivity contribution >= 4 is 0 Å². The van der Waals surface area contributed by atoms with E-state index in [1.165, 1.54) is 0 Å². The smallest absolute Gasteiger partial charge is 0.235 e. The van der Waals surface area contributed by atoms with E-state index in [1.807, 2.05) is 0 Å². The Bertz CT molecular complexity index is 320. The highest BCUT2D eigenvalue weighted by Gasteiger charge is 2.09. The van der Waals surface area contributed by atoms with Gasteiger partial charge in [-0.1, -0.05) is 0 Å². The first-order valence-electron chi connectivity index (χ1n) is 5.62. The van der Waals surface area contributed by atoms with Gasteiger partial charge in [0.15, 0.2) is 0 Å². The molecule has 0 fully saturated rings. The van der Waals surface area contributed by atoms with Crippen molar-refractivity contribution in [3.8, 4) is 5.88 Å². The molecule has 0 aliphatic carbocycles. The van der Waals surface area contributed by atoms with E-state index < -0.39 is 0 Å². The van der Waals surface area contributed by atoms with Crippen LogP contribution in [0.4, 0.5) is 0 Å². The fraction of sp³-hybridized carbons (Fsp3) is 0.667. The van der Waals surface area contributed by atoms with E-state index in [1.54, 1.807) is 19.5 Å². The number of methoxy groups -OCH3 is 1. The van der Waals surface area contributed by atoms with E-state index in [9.17, 15) is 0 Å². The van der Waals surface area contributed by atoms with Gasteiger partial charge in [0.1, 0.15) is 5.69 Å². The molecule has 0 saturated heterocycles. The molecule has 16 heavy (non-hydrogen) atoms. The summed E-state index contributed by atoms with van der Waals surface area (Å²) in [6, 6.07) is 0. The van der Waals surface area contributed by atoms with Crippen LogP contribution in [0, 0.1) is 0 Å². The maximum atomic E-state index is 5.15. The minimum atomic E-state index is 0.173. The Morgan fingerprint density at radius 3 is 2.56 bits per heavy atom. The van der Waals surface area contributed by atoms with E-state index in [0.717, 1.165) is 25.1 Å². The molecule has 0 spiro atoms. The molecule has 0 aromatic carbocycles. The van der Waals surface area contributed by atoms with Gasteiger partial charge in [-0.15, -0.1) is 0 Å². The zero-order chi connectivity index (χ0) is 12.0. The van der Waals surface area contributed by atoms with Crippen LogP contribution >= 0.6 is 0 Å². The lowest BCUT2D eigenvalue weighted by Gasteiger charge is -2.20. The number of nitrogens with one attached hydrogen (secondary N) is 1. The highest BCUT2D eigenvalue weighted by Crippen LogP contribution is 2.12. The normalized spacial score (nSPS) is 11.5. The summed E-state index contributed by atoms with van der Waals surface area (Å²) in [6.07, 6.45) is 5.27. The number of hydrogen-bond donors (Lipinski definition) is 1. The SMILES string of the molecule is COc1nccnc1CCCNC(C)(C)C. The Hall–Kier alpha value is -1.16. The fourth-order valence-corrected chi connectivity index (χ4v) is 1.42. The van der Waals surface area contributed by atoms with E-state index in [2.05, 4.69) is 36.1 Å². The van der Waals surface area contributed by atoms with Gasteiger partial charge in [0.25, 0.3) is 0 Å². The molecule has 0 saturated carbocycles. The molecule has 0 radical (unpaired) electrons. The average Bonchev–Trinajstić information content (AvgIpc) is 2.23. The van der Waals surface area contributed by atoms with Crippen molar-refractivity contribution in [1.29, 1.82) is 0 Å². The minimum absolute atomic E-state index is 0.173. The number of aromatic nitrogens is 2. The molecule has 4 nitrogen and oxygen atoms in total. The van der Waals surface area contributed by atoms with E-state index in [-0.39, 0.29) is 5.54 Å². The lowest BCUT2D eigenvalue weighted by molar-refractivity contribution is 0.386. The second-order valence-electron chi connectivity index (χ2n) is 4.79. The second kappa shape index (κ2) is 5.80. The summed E-state index contributed by atoms with van der Waals surface area (Å²) < 4.78 is 5.15. The predicted octanol–water partition coefficient (Wildman–Crippen LogP) is 1.81. The summed E-state index contributed by atoms with van der Waals surface area (Å²) in [5.41, 5.74) is 1.10. The second-order valence-corrected chi connectivity index (χ2v) is 4.79. The standard InChI is InChI=1S/C12H21N3O/c1-12(2,3)15-7-5-6-10-11(16-4)14-9-8-13-10/h8-9,15H,5-7H2,1-4H3. The molecule has 1 rings (SSSR count). The maximum absolute atomic E-state index is 5.15. The van der Waals surface area contributed by atoms with Gasteiger partial charge in [0, 0.05) is 17.9 Å². The van der Waals surface area contributed by atoms with Crippen LogP contribution in [0.3, 0.4) is 0 Å². The quantitative estimate of drug-likeness (QED) is 0.773. The predicted molar refractivity (Wildman–Crippen MR) is 64.7 cm³/mol. The van der Waals surface area contributed by atoms with Gasteiger partial charge in [-0.05, 0) is 40.2 Å². The van der Waals surface area contributed by atoms with Crippen LogP contribution in [0.15, 0.2) is 12.4 Å². The molecule has 4 heteroatoms. The van der Waals surface area contributed by atoms with Crippen LogP contribution < -0.4 is 10.1 Å². The van der Waals surface area contributed by atoms with Gasteiger partial charge < -0.3 is 10.1 Å². The van der Waals surface area contributed by atoms with E-state index >= 15 is 0 Å². The molecule has 0 bridgehead atoms. The van der Waals surface area contributed by atoms with Gasteiger partial charge in [0.2, 0.25) is 5.88 Å².